The molecule has 2 aromatic rings. The third-order valence-electron chi connectivity index (χ3n) is 4.83. The number of esters is 2. The van der Waals surface area contributed by atoms with Gasteiger partial charge < -0.3 is 14.4 Å². The number of hydrogen-bond donors (Lipinski definition) is 0. The van der Waals surface area contributed by atoms with Crippen LogP contribution in [0.1, 0.15) is 50.5 Å². The highest BCUT2D eigenvalue weighted by molar-refractivity contribution is 6.03. The zero-order chi connectivity index (χ0) is 21.1. The van der Waals surface area contributed by atoms with Crippen LogP contribution in [0.15, 0.2) is 42.5 Å². The van der Waals surface area contributed by atoms with Gasteiger partial charge in [-0.15, -0.1) is 0 Å². The number of ketones is 1. The Hall–Kier alpha value is -3.48. The van der Waals surface area contributed by atoms with Gasteiger partial charge in [-0.05, 0) is 61.4 Å². The molecular formula is C22H21NO6. The minimum Gasteiger partial charge on any atom is -0.465 e. The molecule has 29 heavy (non-hydrogen) atoms. The molecule has 1 heterocycles. The smallest absolute Gasteiger partial charge is 0.338 e. The molecular weight excluding hydrogens is 374 g/mol. The predicted octanol–water partition coefficient (Wildman–Crippen LogP) is 2.81. The van der Waals surface area contributed by atoms with Crippen molar-refractivity contribution in [3.63, 3.8) is 0 Å². The minimum atomic E-state index is -0.980. The Morgan fingerprint density at radius 2 is 1.52 bits per heavy atom. The topological polar surface area (TPSA) is 90.0 Å². The van der Waals surface area contributed by atoms with Crippen molar-refractivity contribution >= 4 is 29.3 Å². The van der Waals surface area contributed by atoms with E-state index < -0.39 is 18.0 Å². The van der Waals surface area contributed by atoms with Gasteiger partial charge in [-0.2, -0.15) is 0 Å². The molecule has 1 aliphatic rings. The molecule has 0 saturated carbocycles. The molecule has 0 radical (unpaired) electrons. The fourth-order valence-electron chi connectivity index (χ4n) is 3.26. The lowest BCUT2D eigenvalue weighted by Crippen LogP contribution is -2.26. The van der Waals surface area contributed by atoms with Crippen LogP contribution in [-0.4, -0.2) is 43.4 Å². The number of anilines is 1. The third kappa shape index (κ3) is 4.18. The summed E-state index contributed by atoms with van der Waals surface area (Å²) in [6.45, 7) is 3.61. The Bertz CT molecular complexity index is 979. The van der Waals surface area contributed by atoms with Crippen LogP contribution in [0.2, 0.25) is 0 Å². The van der Waals surface area contributed by atoms with E-state index in [9.17, 15) is 19.2 Å². The van der Waals surface area contributed by atoms with Crippen LogP contribution in [0.3, 0.4) is 0 Å². The third-order valence-corrected chi connectivity index (χ3v) is 4.83. The van der Waals surface area contributed by atoms with Crippen LogP contribution in [0.25, 0.3) is 0 Å². The summed E-state index contributed by atoms with van der Waals surface area (Å²) in [5.41, 5.74) is 2.69. The van der Waals surface area contributed by atoms with Crippen molar-refractivity contribution in [3.05, 3.63) is 64.7 Å². The fourth-order valence-corrected chi connectivity index (χ4v) is 3.26. The Morgan fingerprint density at radius 1 is 0.931 bits per heavy atom. The molecule has 0 aromatic heterocycles. The second-order valence-corrected chi connectivity index (χ2v) is 6.74. The van der Waals surface area contributed by atoms with Crippen LogP contribution >= 0.6 is 0 Å². The molecule has 0 aliphatic carbocycles. The summed E-state index contributed by atoms with van der Waals surface area (Å²) < 4.78 is 9.90. The Labute approximate surface area is 168 Å². The van der Waals surface area contributed by atoms with Gasteiger partial charge in [0.25, 0.3) is 0 Å². The highest BCUT2D eigenvalue weighted by Crippen LogP contribution is 2.29. The maximum absolute atomic E-state index is 12.7. The van der Waals surface area contributed by atoms with Crippen LogP contribution in [0.4, 0.5) is 5.69 Å². The second kappa shape index (κ2) is 8.26. The number of Topliss-reactive ketones (excluding diaryl/α,β-unsaturated/α-hetero) is 1. The maximum Gasteiger partial charge on any atom is 0.338 e. The maximum atomic E-state index is 12.7. The summed E-state index contributed by atoms with van der Waals surface area (Å²) in [6, 6.07) is 10.9. The van der Waals surface area contributed by atoms with E-state index in [1.165, 1.54) is 45.2 Å². The van der Waals surface area contributed by atoms with E-state index in [1.54, 1.807) is 23.1 Å². The highest BCUT2D eigenvalue weighted by Gasteiger charge is 2.25. The van der Waals surface area contributed by atoms with Crippen molar-refractivity contribution in [2.24, 2.45) is 0 Å². The monoisotopic (exact) mass is 395 g/mol. The van der Waals surface area contributed by atoms with Gasteiger partial charge in [0, 0.05) is 24.7 Å². The van der Waals surface area contributed by atoms with Gasteiger partial charge in [0.1, 0.15) is 0 Å². The van der Waals surface area contributed by atoms with Crippen molar-refractivity contribution < 1.29 is 28.7 Å². The molecule has 1 aliphatic heterocycles. The van der Waals surface area contributed by atoms with E-state index in [2.05, 4.69) is 4.74 Å². The van der Waals surface area contributed by atoms with Crippen LogP contribution in [0.5, 0.6) is 0 Å². The zero-order valence-electron chi connectivity index (χ0n) is 16.4. The second-order valence-electron chi connectivity index (χ2n) is 6.74. The number of carbonyl (C=O) groups is 4. The number of benzene rings is 2. The van der Waals surface area contributed by atoms with E-state index >= 15 is 0 Å². The number of fused-ring (bicyclic) bond motifs is 1. The normalized spacial score (nSPS) is 13.4. The van der Waals surface area contributed by atoms with Crippen molar-refractivity contribution in [2.75, 3.05) is 18.6 Å². The number of amides is 1. The average Bonchev–Trinajstić information content (AvgIpc) is 3.16. The molecule has 0 N–H and O–H groups in total. The van der Waals surface area contributed by atoms with Gasteiger partial charge in [-0.25, -0.2) is 9.59 Å². The Balaban J connectivity index is 1.68. The standard InChI is InChI=1S/C22H21NO6/c1-13(29-22(27)16-6-4-15(5-7-16)21(26)28-3)20(25)18-8-9-19-17(12-18)10-11-23(19)14(2)24/h4-9,12-13H,10-11H2,1-3H3/t13-/m1/s1. The lowest BCUT2D eigenvalue weighted by molar-refractivity contribution is -0.116. The largest absolute Gasteiger partial charge is 0.465 e. The van der Waals surface area contributed by atoms with Gasteiger partial charge >= 0.3 is 11.9 Å². The molecule has 0 spiro atoms. The van der Waals surface area contributed by atoms with E-state index in [0.717, 1.165) is 11.3 Å². The van der Waals surface area contributed by atoms with E-state index in [1.807, 2.05) is 0 Å². The minimum absolute atomic E-state index is 0.0386. The van der Waals surface area contributed by atoms with Crippen molar-refractivity contribution in [1.29, 1.82) is 0 Å². The highest BCUT2D eigenvalue weighted by atomic mass is 16.5. The zero-order valence-corrected chi connectivity index (χ0v) is 16.4. The molecule has 3 rings (SSSR count). The summed E-state index contributed by atoms with van der Waals surface area (Å²) in [5, 5.41) is 0. The Kier molecular flexibility index (Phi) is 5.77. The molecule has 7 nitrogen and oxygen atoms in total. The first-order valence-electron chi connectivity index (χ1n) is 9.16. The molecule has 0 unspecified atom stereocenters. The van der Waals surface area contributed by atoms with Crippen LogP contribution in [-0.2, 0) is 20.7 Å². The number of ether oxygens (including phenoxy) is 2. The van der Waals surface area contributed by atoms with Gasteiger partial charge in [-0.3, -0.25) is 9.59 Å². The fraction of sp³-hybridized carbons (Fsp3) is 0.273. The van der Waals surface area contributed by atoms with E-state index in [-0.39, 0.29) is 17.3 Å². The van der Waals surface area contributed by atoms with E-state index in [4.69, 9.17) is 4.74 Å². The molecule has 150 valence electrons. The number of hydrogen-bond acceptors (Lipinski definition) is 6. The van der Waals surface area contributed by atoms with Gasteiger partial charge in [0.05, 0.1) is 18.2 Å². The Morgan fingerprint density at radius 3 is 2.10 bits per heavy atom. The van der Waals surface area contributed by atoms with Gasteiger partial charge in [-0.1, -0.05) is 0 Å². The quantitative estimate of drug-likeness (QED) is 0.571. The van der Waals surface area contributed by atoms with Gasteiger partial charge in [0.2, 0.25) is 11.7 Å². The molecule has 1 atom stereocenters. The average molecular weight is 395 g/mol. The summed E-state index contributed by atoms with van der Waals surface area (Å²) in [6.07, 6.45) is -0.303. The number of methoxy groups -OCH3 is 1. The summed E-state index contributed by atoms with van der Waals surface area (Å²) >= 11 is 0. The summed E-state index contributed by atoms with van der Waals surface area (Å²) in [4.78, 5) is 49.8. The van der Waals surface area contributed by atoms with Crippen LogP contribution < -0.4 is 4.90 Å². The van der Waals surface area contributed by atoms with Crippen molar-refractivity contribution in [2.45, 2.75) is 26.4 Å². The molecule has 0 bridgehead atoms. The molecule has 2 aromatic carbocycles. The first-order valence-corrected chi connectivity index (χ1v) is 9.16. The SMILES string of the molecule is COC(=O)c1ccc(C(=O)O[C@H](C)C(=O)c2ccc3c(c2)CCN3C(C)=O)cc1. The number of nitrogens with zero attached hydrogens (tertiary/aromatic N) is 1. The van der Waals surface area contributed by atoms with Crippen molar-refractivity contribution in [1.82, 2.24) is 0 Å². The first-order chi connectivity index (χ1) is 13.8. The summed E-state index contributed by atoms with van der Waals surface area (Å²) in [7, 11) is 1.27. The van der Waals surface area contributed by atoms with E-state index in [0.29, 0.717) is 24.1 Å². The molecule has 7 heteroatoms. The molecule has 1 amide bonds. The van der Waals surface area contributed by atoms with Gasteiger partial charge in [0.15, 0.2) is 6.10 Å². The van der Waals surface area contributed by atoms with Crippen molar-refractivity contribution in [3.8, 4) is 0 Å². The number of rotatable bonds is 5. The predicted molar refractivity (Wildman–Crippen MR) is 105 cm³/mol. The number of carbonyl (C=O) groups excluding carboxylic acids is 4. The molecule has 0 saturated heterocycles. The first kappa shape index (κ1) is 20.3. The molecule has 0 fully saturated rings. The lowest BCUT2D eigenvalue weighted by Gasteiger charge is -2.16. The lowest BCUT2D eigenvalue weighted by atomic mass is 10.0. The summed E-state index contributed by atoms with van der Waals surface area (Å²) in [5.74, 6) is -1.53. The van der Waals surface area contributed by atoms with Crippen LogP contribution in [0, 0.1) is 0 Å².